The monoisotopic (exact) mass is 246 g/mol. The van der Waals surface area contributed by atoms with Crippen molar-refractivity contribution in [2.45, 2.75) is 25.2 Å². The normalized spacial score (nSPS) is 25.7. The van der Waals surface area contributed by atoms with E-state index < -0.39 is 18.0 Å². The zero-order chi connectivity index (χ0) is 13.0. The van der Waals surface area contributed by atoms with Crippen LogP contribution in [0, 0.1) is 0 Å². The van der Waals surface area contributed by atoms with E-state index in [0.29, 0.717) is 13.1 Å². The highest BCUT2D eigenvalue weighted by Gasteiger charge is 2.36. The molecule has 1 saturated heterocycles. The van der Waals surface area contributed by atoms with Crippen LogP contribution in [-0.2, 0) is 14.3 Å². The summed E-state index contributed by atoms with van der Waals surface area (Å²) in [7, 11) is 3.11. The fourth-order valence-electron chi connectivity index (χ4n) is 1.70. The van der Waals surface area contributed by atoms with E-state index in [2.05, 4.69) is 5.32 Å². The molecule has 98 valence electrons. The summed E-state index contributed by atoms with van der Waals surface area (Å²) in [6, 6.07) is -1.33. The highest BCUT2D eigenvalue weighted by molar-refractivity contribution is 5.82. The Kier molecular flexibility index (Phi) is 4.71. The molecule has 3 unspecified atom stereocenters. The van der Waals surface area contributed by atoms with Crippen molar-refractivity contribution in [3.05, 3.63) is 0 Å². The molecule has 0 aromatic heterocycles. The number of hydrogen-bond acceptors (Lipinski definition) is 4. The third kappa shape index (κ3) is 3.31. The van der Waals surface area contributed by atoms with E-state index >= 15 is 0 Å². The Labute approximate surface area is 99.7 Å². The Morgan fingerprint density at radius 3 is 2.12 bits per heavy atom. The number of nitrogens with zero attached hydrogens (tertiary/aromatic N) is 1. The van der Waals surface area contributed by atoms with E-state index in [4.69, 9.17) is 14.6 Å². The van der Waals surface area contributed by atoms with E-state index in [0.717, 1.165) is 0 Å². The third-order valence-electron chi connectivity index (χ3n) is 2.82. The number of carboxylic acids is 1. The molecule has 1 fully saturated rings. The number of methoxy groups -OCH3 is 2. The van der Waals surface area contributed by atoms with Crippen molar-refractivity contribution in [1.82, 2.24) is 10.2 Å². The summed E-state index contributed by atoms with van der Waals surface area (Å²) in [5, 5.41) is 11.1. The molecule has 0 aromatic rings. The molecule has 0 spiro atoms. The fraction of sp³-hybridized carbons (Fsp3) is 0.800. The third-order valence-corrected chi connectivity index (χ3v) is 2.82. The first kappa shape index (κ1) is 13.7. The number of carboxylic acid groups (broad SMARTS) is 1. The first-order valence-electron chi connectivity index (χ1n) is 5.33. The minimum Gasteiger partial charge on any atom is -0.480 e. The van der Waals surface area contributed by atoms with Gasteiger partial charge >= 0.3 is 12.0 Å². The standard InChI is InChI=1S/C10H18N2O5/c1-6(9(13)14)11-10(15)12-4-7(16-2)8(5-12)17-3/h6-8H,4-5H2,1-3H3,(H,11,15)(H,13,14). The second-order valence-corrected chi connectivity index (χ2v) is 3.96. The largest absolute Gasteiger partial charge is 0.480 e. The van der Waals surface area contributed by atoms with Gasteiger partial charge in [-0.05, 0) is 6.92 Å². The summed E-state index contributed by atoms with van der Waals surface area (Å²) in [6.07, 6.45) is -0.350. The lowest BCUT2D eigenvalue weighted by Crippen LogP contribution is -2.46. The van der Waals surface area contributed by atoms with E-state index in [1.807, 2.05) is 0 Å². The van der Waals surface area contributed by atoms with Gasteiger partial charge in [0.25, 0.3) is 0 Å². The van der Waals surface area contributed by atoms with Gasteiger partial charge in [-0.25, -0.2) is 4.79 Å². The van der Waals surface area contributed by atoms with Gasteiger partial charge in [0.2, 0.25) is 0 Å². The number of nitrogens with one attached hydrogen (secondary N) is 1. The van der Waals surface area contributed by atoms with Crippen LogP contribution in [0.5, 0.6) is 0 Å². The van der Waals surface area contributed by atoms with Gasteiger partial charge in [-0.1, -0.05) is 0 Å². The van der Waals surface area contributed by atoms with Crippen LogP contribution < -0.4 is 5.32 Å². The number of ether oxygens (including phenoxy) is 2. The molecule has 2 amide bonds. The first-order valence-corrected chi connectivity index (χ1v) is 5.33. The molecule has 7 heteroatoms. The van der Waals surface area contributed by atoms with E-state index in [-0.39, 0.29) is 12.2 Å². The summed E-state index contributed by atoms with van der Waals surface area (Å²) in [4.78, 5) is 23.8. The van der Waals surface area contributed by atoms with Gasteiger partial charge in [-0.3, -0.25) is 4.79 Å². The van der Waals surface area contributed by atoms with Crippen LogP contribution in [-0.4, -0.2) is 67.6 Å². The molecule has 17 heavy (non-hydrogen) atoms. The van der Waals surface area contributed by atoms with Crippen molar-refractivity contribution in [2.24, 2.45) is 0 Å². The molecule has 7 nitrogen and oxygen atoms in total. The van der Waals surface area contributed by atoms with Crippen LogP contribution in [0.3, 0.4) is 0 Å². The van der Waals surface area contributed by atoms with Gasteiger partial charge in [0.05, 0.1) is 13.1 Å². The molecule has 1 aliphatic heterocycles. The number of urea groups is 1. The molecule has 1 aliphatic rings. The van der Waals surface area contributed by atoms with Gasteiger partial charge in [-0.15, -0.1) is 0 Å². The summed E-state index contributed by atoms with van der Waals surface area (Å²) in [5.74, 6) is -1.07. The molecule has 2 N–H and O–H groups in total. The van der Waals surface area contributed by atoms with Gasteiger partial charge in [0.15, 0.2) is 0 Å². The second-order valence-electron chi connectivity index (χ2n) is 3.96. The molecule has 1 rings (SSSR count). The first-order chi connectivity index (χ1) is 7.99. The highest BCUT2D eigenvalue weighted by Crippen LogP contribution is 2.15. The van der Waals surface area contributed by atoms with Crippen LogP contribution in [0.1, 0.15) is 6.92 Å². The lowest BCUT2D eigenvalue weighted by atomic mass is 10.3. The van der Waals surface area contributed by atoms with Crippen LogP contribution in [0.4, 0.5) is 4.79 Å². The Morgan fingerprint density at radius 1 is 1.29 bits per heavy atom. The van der Waals surface area contributed by atoms with E-state index in [1.54, 1.807) is 14.2 Å². The van der Waals surface area contributed by atoms with Gasteiger partial charge < -0.3 is 24.8 Å². The van der Waals surface area contributed by atoms with Gasteiger partial charge in [0.1, 0.15) is 18.2 Å². The number of carbonyl (C=O) groups excluding carboxylic acids is 1. The molecule has 0 radical (unpaired) electrons. The van der Waals surface area contributed by atoms with Crippen LogP contribution in [0.2, 0.25) is 0 Å². The quantitative estimate of drug-likeness (QED) is 0.699. The van der Waals surface area contributed by atoms with Gasteiger partial charge in [-0.2, -0.15) is 0 Å². The lowest BCUT2D eigenvalue weighted by Gasteiger charge is -2.18. The number of amides is 2. The topological polar surface area (TPSA) is 88.1 Å². The second kappa shape index (κ2) is 5.83. The predicted octanol–water partition coefficient (Wildman–Crippen LogP) is -0.485. The molecule has 0 aromatic carbocycles. The minimum absolute atomic E-state index is 0.175. The maximum Gasteiger partial charge on any atom is 0.325 e. The molecular weight excluding hydrogens is 228 g/mol. The smallest absolute Gasteiger partial charge is 0.325 e. The Balaban J connectivity index is 2.52. The Morgan fingerprint density at radius 2 is 1.76 bits per heavy atom. The Hall–Kier alpha value is -1.34. The molecule has 3 atom stereocenters. The lowest BCUT2D eigenvalue weighted by molar-refractivity contribution is -0.138. The average molecular weight is 246 g/mol. The van der Waals surface area contributed by atoms with Gasteiger partial charge in [0, 0.05) is 14.2 Å². The SMILES string of the molecule is COC1CN(C(=O)NC(C)C(=O)O)CC1OC. The number of aliphatic carboxylic acids is 1. The summed E-state index contributed by atoms with van der Waals surface area (Å²) in [5.41, 5.74) is 0. The van der Waals surface area contributed by atoms with Crippen molar-refractivity contribution in [1.29, 1.82) is 0 Å². The van der Waals surface area contributed by atoms with Crippen LogP contribution in [0.25, 0.3) is 0 Å². The maximum absolute atomic E-state index is 11.7. The van der Waals surface area contributed by atoms with Crippen LogP contribution in [0.15, 0.2) is 0 Å². The average Bonchev–Trinajstić information content (AvgIpc) is 2.71. The summed E-state index contributed by atoms with van der Waals surface area (Å²) in [6.45, 7) is 2.21. The van der Waals surface area contributed by atoms with Crippen molar-refractivity contribution in [3.63, 3.8) is 0 Å². The number of rotatable bonds is 4. The zero-order valence-corrected chi connectivity index (χ0v) is 10.2. The number of hydrogen-bond donors (Lipinski definition) is 2. The van der Waals surface area contributed by atoms with Crippen LogP contribution >= 0.6 is 0 Å². The number of carbonyl (C=O) groups is 2. The van der Waals surface area contributed by atoms with Crippen molar-refractivity contribution in [3.8, 4) is 0 Å². The summed E-state index contributed by atoms with van der Waals surface area (Å²) < 4.78 is 10.4. The zero-order valence-electron chi connectivity index (χ0n) is 10.2. The molecule has 0 bridgehead atoms. The number of likely N-dealkylation sites (tertiary alicyclic amines) is 1. The maximum atomic E-state index is 11.7. The predicted molar refractivity (Wildman–Crippen MR) is 58.8 cm³/mol. The molecule has 0 saturated carbocycles. The molecule has 1 heterocycles. The highest BCUT2D eigenvalue weighted by atomic mass is 16.5. The molecule has 0 aliphatic carbocycles. The van der Waals surface area contributed by atoms with Crippen molar-refractivity contribution in [2.75, 3.05) is 27.3 Å². The van der Waals surface area contributed by atoms with E-state index in [1.165, 1.54) is 11.8 Å². The summed E-state index contributed by atoms with van der Waals surface area (Å²) >= 11 is 0. The van der Waals surface area contributed by atoms with E-state index in [9.17, 15) is 9.59 Å². The Bertz CT molecular complexity index is 284. The minimum atomic E-state index is -1.07. The van der Waals surface area contributed by atoms with Crippen molar-refractivity contribution < 1.29 is 24.2 Å². The molecular formula is C10H18N2O5. The van der Waals surface area contributed by atoms with Crippen molar-refractivity contribution >= 4 is 12.0 Å². The fourth-order valence-corrected chi connectivity index (χ4v) is 1.70.